The van der Waals surface area contributed by atoms with Gasteiger partial charge in [0.05, 0.1) is 11.7 Å². The average molecular weight is 220 g/mol. The Balaban J connectivity index is 2.38. The number of nitrogens with zero attached hydrogens (tertiary/aromatic N) is 4. The maximum Gasteiger partial charge on any atom is 0.155 e. The smallest absolute Gasteiger partial charge is 0.155 e. The van der Waals surface area contributed by atoms with Gasteiger partial charge >= 0.3 is 0 Å². The molecule has 0 N–H and O–H groups in total. The van der Waals surface area contributed by atoms with E-state index in [9.17, 15) is 0 Å². The lowest BCUT2D eigenvalue weighted by atomic mass is 10.2. The molecular weight excluding hydrogens is 212 g/mol. The van der Waals surface area contributed by atoms with Crippen LogP contribution in [0, 0.1) is 0 Å². The second-order valence-corrected chi connectivity index (χ2v) is 3.91. The third-order valence-electron chi connectivity index (χ3n) is 2.91. The second kappa shape index (κ2) is 3.01. The standard InChI is InChI=1S/C13H8N4/c1-2-5-10-9(4-1)13-11(8-14-10)16-12-6-3-7-15-17(12)13/h1-8H. The van der Waals surface area contributed by atoms with E-state index >= 15 is 0 Å². The summed E-state index contributed by atoms with van der Waals surface area (Å²) in [5.41, 5.74) is 3.71. The molecule has 4 rings (SSSR count). The number of hydrogen-bond donors (Lipinski definition) is 0. The lowest BCUT2D eigenvalue weighted by Crippen LogP contribution is -1.90. The number of fused-ring (bicyclic) bond motifs is 5. The molecule has 4 nitrogen and oxygen atoms in total. The summed E-state index contributed by atoms with van der Waals surface area (Å²) in [5, 5.41) is 5.43. The maximum absolute atomic E-state index is 4.50. The molecule has 3 aromatic heterocycles. The first-order valence-corrected chi connectivity index (χ1v) is 5.41. The van der Waals surface area contributed by atoms with E-state index in [1.807, 2.05) is 40.9 Å². The molecule has 0 fully saturated rings. The first-order chi connectivity index (χ1) is 8.43. The van der Waals surface area contributed by atoms with Crippen molar-refractivity contribution < 1.29 is 0 Å². The summed E-state index contributed by atoms with van der Waals surface area (Å²) in [7, 11) is 0. The van der Waals surface area contributed by atoms with E-state index in [1.54, 1.807) is 12.4 Å². The van der Waals surface area contributed by atoms with Crippen molar-refractivity contribution >= 4 is 27.6 Å². The van der Waals surface area contributed by atoms with Gasteiger partial charge in [0.15, 0.2) is 5.65 Å². The molecule has 4 aromatic rings. The summed E-state index contributed by atoms with van der Waals surface area (Å²) in [4.78, 5) is 8.90. The number of imidazole rings is 1. The Hall–Kier alpha value is -2.49. The first kappa shape index (κ1) is 8.64. The highest BCUT2D eigenvalue weighted by Gasteiger charge is 2.08. The Labute approximate surface area is 96.5 Å². The fourth-order valence-electron chi connectivity index (χ4n) is 2.17. The van der Waals surface area contributed by atoms with E-state index in [4.69, 9.17) is 0 Å². The summed E-state index contributed by atoms with van der Waals surface area (Å²) in [6.45, 7) is 0. The SMILES string of the molecule is c1ccc2c(c1)ncc1nc3cccnn3c12. The largest absolute Gasteiger partial charge is 0.254 e. The Morgan fingerprint density at radius 3 is 2.88 bits per heavy atom. The third-order valence-corrected chi connectivity index (χ3v) is 2.91. The zero-order chi connectivity index (χ0) is 11.2. The van der Waals surface area contributed by atoms with Crippen molar-refractivity contribution in [2.45, 2.75) is 0 Å². The Morgan fingerprint density at radius 1 is 0.941 bits per heavy atom. The van der Waals surface area contributed by atoms with E-state index in [1.165, 1.54) is 0 Å². The van der Waals surface area contributed by atoms with Crippen molar-refractivity contribution in [3.63, 3.8) is 0 Å². The van der Waals surface area contributed by atoms with E-state index in [0.29, 0.717) is 0 Å². The molecule has 0 atom stereocenters. The van der Waals surface area contributed by atoms with Gasteiger partial charge in [0, 0.05) is 11.6 Å². The highest BCUT2D eigenvalue weighted by Crippen LogP contribution is 2.23. The van der Waals surface area contributed by atoms with Gasteiger partial charge in [0.25, 0.3) is 0 Å². The van der Waals surface area contributed by atoms with Gasteiger partial charge in [0.2, 0.25) is 0 Å². The van der Waals surface area contributed by atoms with Crippen molar-refractivity contribution in [1.29, 1.82) is 0 Å². The molecular formula is C13H8N4. The number of pyridine rings is 1. The van der Waals surface area contributed by atoms with Gasteiger partial charge in [-0.1, -0.05) is 18.2 Å². The van der Waals surface area contributed by atoms with Crippen LogP contribution in [0.5, 0.6) is 0 Å². The number of benzene rings is 1. The van der Waals surface area contributed by atoms with Crippen LogP contribution >= 0.6 is 0 Å². The van der Waals surface area contributed by atoms with Crippen molar-refractivity contribution in [2.24, 2.45) is 0 Å². The fraction of sp³-hybridized carbons (Fsp3) is 0. The highest BCUT2D eigenvalue weighted by atomic mass is 15.2. The van der Waals surface area contributed by atoms with Crippen molar-refractivity contribution in [2.75, 3.05) is 0 Å². The minimum Gasteiger partial charge on any atom is -0.254 e. The molecule has 0 aliphatic rings. The molecule has 0 amide bonds. The summed E-state index contributed by atoms with van der Waals surface area (Å²) in [6.07, 6.45) is 3.57. The van der Waals surface area contributed by atoms with Crippen LogP contribution in [0.4, 0.5) is 0 Å². The summed E-state index contributed by atoms with van der Waals surface area (Å²) in [5.74, 6) is 0. The first-order valence-electron chi connectivity index (χ1n) is 5.41. The highest BCUT2D eigenvalue weighted by molar-refractivity contribution is 6.03. The average Bonchev–Trinajstić information content (AvgIpc) is 2.77. The minimum atomic E-state index is 0.848. The molecule has 0 radical (unpaired) electrons. The number of hydrogen-bond acceptors (Lipinski definition) is 3. The van der Waals surface area contributed by atoms with Crippen LogP contribution in [-0.2, 0) is 0 Å². The van der Waals surface area contributed by atoms with Gasteiger partial charge in [-0.05, 0) is 18.2 Å². The van der Waals surface area contributed by atoms with Crippen molar-refractivity contribution in [3.8, 4) is 0 Å². The van der Waals surface area contributed by atoms with Crippen LogP contribution in [0.3, 0.4) is 0 Å². The van der Waals surface area contributed by atoms with E-state index in [-0.39, 0.29) is 0 Å². The maximum atomic E-state index is 4.50. The quantitative estimate of drug-likeness (QED) is 0.457. The Kier molecular flexibility index (Phi) is 1.53. The van der Waals surface area contributed by atoms with Crippen molar-refractivity contribution in [3.05, 3.63) is 48.8 Å². The van der Waals surface area contributed by atoms with Crippen LogP contribution in [0.1, 0.15) is 0 Å². The molecule has 0 unspecified atom stereocenters. The molecule has 0 aliphatic carbocycles. The lowest BCUT2D eigenvalue weighted by Gasteiger charge is -1.98. The van der Waals surface area contributed by atoms with Gasteiger partial charge in [-0.2, -0.15) is 5.10 Å². The molecule has 0 saturated heterocycles. The molecule has 4 heteroatoms. The van der Waals surface area contributed by atoms with Gasteiger partial charge < -0.3 is 0 Å². The van der Waals surface area contributed by atoms with E-state index in [0.717, 1.165) is 27.6 Å². The summed E-state index contributed by atoms with van der Waals surface area (Å²) >= 11 is 0. The molecule has 0 aliphatic heterocycles. The molecule has 80 valence electrons. The zero-order valence-corrected chi connectivity index (χ0v) is 8.91. The molecule has 17 heavy (non-hydrogen) atoms. The zero-order valence-electron chi connectivity index (χ0n) is 8.91. The lowest BCUT2D eigenvalue weighted by molar-refractivity contribution is 0.968. The van der Waals surface area contributed by atoms with Crippen LogP contribution in [0.25, 0.3) is 27.6 Å². The Bertz CT molecular complexity index is 842. The van der Waals surface area contributed by atoms with Gasteiger partial charge in [0.1, 0.15) is 11.0 Å². The fourth-order valence-corrected chi connectivity index (χ4v) is 2.17. The third kappa shape index (κ3) is 1.09. The minimum absolute atomic E-state index is 0.848. The second-order valence-electron chi connectivity index (χ2n) is 3.91. The monoisotopic (exact) mass is 220 g/mol. The van der Waals surface area contributed by atoms with E-state index in [2.05, 4.69) is 15.1 Å². The molecule has 0 spiro atoms. The Morgan fingerprint density at radius 2 is 1.88 bits per heavy atom. The van der Waals surface area contributed by atoms with Crippen LogP contribution in [0.15, 0.2) is 48.8 Å². The van der Waals surface area contributed by atoms with Crippen molar-refractivity contribution in [1.82, 2.24) is 19.6 Å². The van der Waals surface area contributed by atoms with Gasteiger partial charge in [-0.15, -0.1) is 0 Å². The predicted molar refractivity (Wildman–Crippen MR) is 65.8 cm³/mol. The van der Waals surface area contributed by atoms with Crippen LogP contribution in [-0.4, -0.2) is 19.6 Å². The van der Waals surface area contributed by atoms with Gasteiger partial charge in [-0.25, -0.2) is 9.50 Å². The van der Waals surface area contributed by atoms with Gasteiger partial charge in [-0.3, -0.25) is 4.98 Å². The van der Waals surface area contributed by atoms with E-state index < -0.39 is 0 Å². The number of aromatic nitrogens is 4. The van der Waals surface area contributed by atoms with Crippen LogP contribution < -0.4 is 0 Å². The molecule has 1 aromatic carbocycles. The predicted octanol–water partition coefficient (Wildman–Crippen LogP) is 2.43. The normalized spacial score (nSPS) is 11.5. The summed E-state index contributed by atoms with van der Waals surface area (Å²) in [6, 6.07) is 11.9. The number of para-hydroxylation sites is 1. The molecule has 0 saturated carbocycles. The van der Waals surface area contributed by atoms with Crippen LogP contribution in [0.2, 0.25) is 0 Å². The number of rotatable bonds is 0. The topological polar surface area (TPSA) is 43.1 Å². The summed E-state index contributed by atoms with van der Waals surface area (Å²) < 4.78 is 1.86. The molecule has 0 bridgehead atoms. The molecule has 3 heterocycles.